The Morgan fingerprint density at radius 2 is 2.19 bits per heavy atom. The molecule has 0 fully saturated rings. The SMILES string of the molecule is C=C(CC[C@@H]1CCC2=C(C(=O)O[C@H]2OCC)C1(C)C)C[C@H](O)/C=C(\C)CO. The number of ether oxygens (including phenoxy) is 2. The molecule has 0 aromatic rings. The highest BCUT2D eigenvalue weighted by Gasteiger charge is 2.48. The van der Waals surface area contributed by atoms with E-state index in [4.69, 9.17) is 14.6 Å². The maximum atomic E-state index is 12.4. The van der Waals surface area contributed by atoms with Crippen LogP contribution >= 0.6 is 0 Å². The van der Waals surface area contributed by atoms with Crippen LogP contribution in [-0.4, -0.2) is 41.8 Å². The lowest BCUT2D eigenvalue weighted by atomic mass is 9.64. The summed E-state index contributed by atoms with van der Waals surface area (Å²) in [5.41, 5.74) is 3.29. The molecular formula is C22H34O5. The summed E-state index contributed by atoms with van der Waals surface area (Å²) in [5.74, 6) is 0.116. The number of cyclic esters (lactones) is 1. The molecule has 0 aromatic heterocycles. The molecule has 0 unspecified atom stereocenters. The van der Waals surface area contributed by atoms with Gasteiger partial charge in [0.25, 0.3) is 0 Å². The monoisotopic (exact) mass is 378 g/mol. The Balaban J connectivity index is 1.98. The van der Waals surface area contributed by atoms with E-state index in [2.05, 4.69) is 20.4 Å². The van der Waals surface area contributed by atoms with Crippen molar-refractivity contribution in [2.24, 2.45) is 11.3 Å². The van der Waals surface area contributed by atoms with Gasteiger partial charge in [0.2, 0.25) is 6.29 Å². The predicted octanol–water partition coefficient (Wildman–Crippen LogP) is 3.66. The van der Waals surface area contributed by atoms with Gasteiger partial charge in [-0.05, 0) is 62.9 Å². The highest BCUT2D eigenvalue weighted by Crippen LogP contribution is 2.51. The van der Waals surface area contributed by atoms with Gasteiger partial charge in [0.1, 0.15) is 0 Å². The van der Waals surface area contributed by atoms with Crippen LogP contribution in [0.2, 0.25) is 0 Å². The normalized spacial score (nSPS) is 26.0. The van der Waals surface area contributed by atoms with E-state index in [9.17, 15) is 9.90 Å². The minimum absolute atomic E-state index is 0.0456. The molecule has 1 heterocycles. The van der Waals surface area contributed by atoms with Crippen LogP contribution in [0.25, 0.3) is 0 Å². The summed E-state index contributed by atoms with van der Waals surface area (Å²) >= 11 is 0. The summed E-state index contributed by atoms with van der Waals surface area (Å²) in [4.78, 5) is 12.4. The molecule has 0 radical (unpaired) electrons. The summed E-state index contributed by atoms with van der Waals surface area (Å²) in [6.45, 7) is 12.5. The molecule has 1 aliphatic heterocycles. The van der Waals surface area contributed by atoms with Gasteiger partial charge < -0.3 is 19.7 Å². The summed E-state index contributed by atoms with van der Waals surface area (Å²) in [5, 5.41) is 19.1. The summed E-state index contributed by atoms with van der Waals surface area (Å²) in [6.07, 6.45) is 4.59. The van der Waals surface area contributed by atoms with E-state index in [0.717, 1.165) is 48.0 Å². The molecule has 5 heteroatoms. The lowest BCUT2D eigenvalue weighted by Gasteiger charge is -2.39. The molecular weight excluding hydrogens is 344 g/mol. The van der Waals surface area contributed by atoms with Crippen LogP contribution in [0.4, 0.5) is 0 Å². The summed E-state index contributed by atoms with van der Waals surface area (Å²) in [6, 6.07) is 0. The number of rotatable bonds is 9. The Hall–Kier alpha value is -1.43. The number of hydrogen-bond acceptors (Lipinski definition) is 5. The van der Waals surface area contributed by atoms with Crippen LogP contribution in [0, 0.1) is 11.3 Å². The zero-order valence-electron chi connectivity index (χ0n) is 17.1. The standard InChI is InChI=1S/C22H34O5/c1-6-26-21-18-10-9-16(22(4,5)19(18)20(25)27-21)8-7-14(2)11-17(24)12-15(3)13-23/h12,16-17,21,23-24H,2,6-11,13H2,1,3-5H3/b15-12+/t16-,17+,21-/m1/s1. The number of hydrogen-bond donors (Lipinski definition) is 2. The van der Waals surface area contributed by atoms with Crippen molar-refractivity contribution in [3.05, 3.63) is 34.9 Å². The molecule has 152 valence electrons. The van der Waals surface area contributed by atoms with Crippen molar-refractivity contribution in [2.45, 2.75) is 72.2 Å². The average molecular weight is 379 g/mol. The molecule has 0 spiro atoms. The lowest BCUT2D eigenvalue weighted by molar-refractivity contribution is -0.159. The van der Waals surface area contributed by atoms with Gasteiger partial charge in [-0.2, -0.15) is 0 Å². The van der Waals surface area contributed by atoms with Crippen LogP contribution < -0.4 is 0 Å². The maximum absolute atomic E-state index is 12.4. The van der Waals surface area contributed by atoms with Crippen LogP contribution in [0.15, 0.2) is 34.9 Å². The number of carbonyl (C=O) groups excluding carboxylic acids is 1. The number of esters is 1. The molecule has 27 heavy (non-hydrogen) atoms. The van der Waals surface area contributed by atoms with Crippen molar-refractivity contribution in [3.63, 3.8) is 0 Å². The van der Waals surface area contributed by atoms with Crippen molar-refractivity contribution in [1.29, 1.82) is 0 Å². The van der Waals surface area contributed by atoms with E-state index >= 15 is 0 Å². The van der Waals surface area contributed by atoms with E-state index in [1.165, 1.54) is 0 Å². The predicted molar refractivity (Wildman–Crippen MR) is 105 cm³/mol. The van der Waals surface area contributed by atoms with Gasteiger partial charge in [0.15, 0.2) is 0 Å². The fourth-order valence-corrected chi connectivity index (χ4v) is 4.30. The maximum Gasteiger partial charge on any atom is 0.337 e. The molecule has 2 rings (SSSR count). The van der Waals surface area contributed by atoms with E-state index in [-0.39, 0.29) is 18.0 Å². The Morgan fingerprint density at radius 3 is 2.81 bits per heavy atom. The minimum atomic E-state index is -0.616. The third-order valence-corrected chi connectivity index (χ3v) is 5.84. The van der Waals surface area contributed by atoms with Crippen molar-refractivity contribution in [1.82, 2.24) is 0 Å². The van der Waals surface area contributed by atoms with Gasteiger partial charge in [-0.15, -0.1) is 0 Å². The molecule has 3 atom stereocenters. The van der Waals surface area contributed by atoms with Gasteiger partial charge in [-0.25, -0.2) is 4.79 Å². The zero-order valence-corrected chi connectivity index (χ0v) is 17.1. The fourth-order valence-electron chi connectivity index (χ4n) is 4.30. The van der Waals surface area contributed by atoms with E-state index in [0.29, 0.717) is 18.9 Å². The van der Waals surface area contributed by atoms with E-state index in [1.54, 1.807) is 13.0 Å². The van der Waals surface area contributed by atoms with Gasteiger partial charge >= 0.3 is 5.97 Å². The lowest BCUT2D eigenvalue weighted by Crippen LogP contribution is -2.33. The molecule has 0 saturated carbocycles. The second-order valence-corrected chi connectivity index (χ2v) is 8.28. The van der Waals surface area contributed by atoms with Crippen molar-refractivity contribution < 1.29 is 24.5 Å². The van der Waals surface area contributed by atoms with Gasteiger partial charge in [0.05, 0.1) is 12.7 Å². The first-order valence-electron chi connectivity index (χ1n) is 9.89. The van der Waals surface area contributed by atoms with Crippen molar-refractivity contribution in [2.75, 3.05) is 13.2 Å². The first-order chi connectivity index (χ1) is 12.7. The second kappa shape index (κ2) is 9.18. The van der Waals surface area contributed by atoms with Gasteiger partial charge in [-0.1, -0.05) is 32.1 Å². The number of aliphatic hydroxyl groups is 2. The molecule has 2 N–H and O–H groups in total. The minimum Gasteiger partial charge on any atom is -0.428 e. The molecule has 0 amide bonds. The van der Waals surface area contributed by atoms with Crippen LogP contribution in [0.5, 0.6) is 0 Å². The summed E-state index contributed by atoms with van der Waals surface area (Å²) in [7, 11) is 0. The van der Waals surface area contributed by atoms with E-state index < -0.39 is 12.4 Å². The molecule has 5 nitrogen and oxygen atoms in total. The highest BCUT2D eigenvalue weighted by molar-refractivity contribution is 5.93. The van der Waals surface area contributed by atoms with Crippen molar-refractivity contribution in [3.8, 4) is 0 Å². The Bertz CT molecular complexity index is 629. The van der Waals surface area contributed by atoms with Crippen molar-refractivity contribution >= 4 is 5.97 Å². The molecule has 1 aliphatic carbocycles. The zero-order chi connectivity index (χ0) is 20.2. The molecule has 2 aliphatic rings. The first-order valence-corrected chi connectivity index (χ1v) is 9.89. The molecule has 0 aromatic carbocycles. The topological polar surface area (TPSA) is 76.0 Å². The highest BCUT2D eigenvalue weighted by atomic mass is 16.7. The Labute approximate surface area is 162 Å². The van der Waals surface area contributed by atoms with E-state index in [1.807, 2.05) is 6.92 Å². The molecule has 0 bridgehead atoms. The van der Waals surface area contributed by atoms with Crippen LogP contribution in [0.3, 0.4) is 0 Å². The number of aliphatic hydroxyl groups excluding tert-OH is 2. The summed E-state index contributed by atoms with van der Waals surface area (Å²) < 4.78 is 11.0. The second-order valence-electron chi connectivity index (χ2n) is 8.28. The number of carbonyl (C=O) groups is 1. The largest absolute Gasteiger partial charge is 0.428 e. The smallest absolute Gasteiger partial charge is 0.337 e. The average Bonchev–Trinajstić information content (AvgIpc) is 2.90. The Morgan fingerprint density at radius 1 is 1.48 bits per heavy atom. The third kappa shape index (κ3) is 5.09. The van der Waals surface area contributed by atoms with Crippen LogP contribution in [0.1, 0.15) is 59.8 Å². The van der Waals surface area contributed by atoms with Crippen LogP contribution in [-0.2, 0) is 14.3 Å². The first kappa shape index (κ1) is 21.9. The quantitative estimate of drug-likeness (QED) is 0.473. The Kier molecular flexibility index (Phi) is 7.43. The third-order valence-electron chi connectivity index (χ3n) is 5.84. The molecule has 0 saturated heterocycles. The van der Waals surface area contributed by atoms with Gasteiger partial charge in [0, 0.05) is 17.8 Å². The van der Waals surface area contributed by atoms with Gasteiger partial charge in [-0.3, -0.25) is 0 Å². The fraction of sp³-hybridized carbons (Fsp3) is 0.682.